The van der Waals surface area contributed by atoms with Crippen LogP contribution in [-0.4, -0.2) is 25.1 Å². The molecule has 1 aromatic carbocycles. The van der Waals surface area contributed by atoms with E-state index in [1.54, 1.807) is 10.9 Å². The fourth-order valence-corrected chi connectivity index (χ4v) is 2.57. The largest absolute Gasteiger partial charge is 0.332 e. The second kappa shape index (κ2) is 4.74. The van der Waals surface area contributed by atoms with E-state index in [0.29, 0.717) is 17.4 Å². The Kier molecular flexibility index (Phi) is 2.83. The molecule has 3 aromatic rings. The molecule has 22 heavy (non-hydrogen) atoms. The average molecular weight is 296 g/mol. The predicted molar refractivity (Wildman–Crippen MR) is 79.1 cm³/mol. The first-order chi connectivity index (χ1) is 10.6. The molecule has 1 aliphatic rings. The number of hydrogen-bond donors (Lipinski definition) is 1. The predicted octanol–water partition coefficient (Wildman–Crippen LogP) is 1.96. The van der Waals surface area contributed by atoms with Crippen LogP contribution < -0.4 is 5.73 Å². The molecule has 1 aliphatic carbocycles. The van der Waals surface area contributed by atoms with E-state index in [1.807, 2.05) is 31.2 Å². The van der Waals surface area contributed by atoms with Crippen molar-refractivity contribution in [2.75, 3.05) is 0 Å². The standard InChI is InChI=1S/C15H16N6O/c1-10-4-2-5-11(8-10)21-9-12(18-20-21)13-17-14(19-22-13)15(16)6-3-7-15/h2,4-5,8-9H,3,6-7,16H2,1H3. The minimum absolute atomic E-state index is 0.352. The zero-order chi connectivity index (χ0) is 15.2. The summed E-state index contributed by atoms with van der Waals surface area (Å²) in [6.07, 6.45) is 4.66. The first-order valence-electron chi connectivity index (χ1n) is 7.27. The van der Waals surface area contributed by atoms with Gasteiger partial charge in [-0.15, -0.1) is 5.10 Å². The molecule has 2 aromatic heterocycles. The second-order valence-corrected chi connectivity index (χ2v) is 5.82. The van der Waals surface area contributed by atoms with Gasteiger partial charge in [0.1, 0.15) is 0 Å². The van der Waals surface area contributed by atoms with Crippen molar-refractivity contribution in [1.29, 1.82) is 0 Å². The van der Waals surface area contributed by atoms with Gasteiger partial charge in [-0.2, -0.15) is 4.98 Å². The van der Waals surface area contributed by atoms with Gasteiger partial charge < -0.3 is 10.3 Å². The average Bonchev–Trinajstić information content (AvgIpc) is 3.14. The van der Waals surface area contributed by atoms with Crippen LogP contribution in [0.3, 0.4) is 0 Å². The number of nitrogens with two attached hydrogens (primary N) is 1. The lowest BCUT2D eigenvalue weighted by molar-refractivity contribution is 0.229. The normalized spacial score (nSPS) is 16.5. The van der Waals surface area contributed by atoms with Crippen LogP contribution in [0.4, 0.5) is 0 Å². The molecule has 0 unspecified atom stereocenters. The van der Waals surface area contributed by atoms with Crippen molar-refractivity contribution in [2.45, 2.75) is 31.7 Å². The number of aryl methyl sites for hydroxylation is 1. The van der Waals surface area contributed by atoms with Gasteiger partial charge >= 0.3 is 0 Å². The first-order valence-corrected chi connectivity index (χ1v) is 7.27. The molecule has 0 bridgehead atoms. The van der Waals surface area contributed by atoms with Gasteiger partial charge in [-0.1, -0.05) is 22.5 Å². The SMILES string of the molecule is Cc1cccc(-n2cc(-c3nc(C4(N)CCC4)no3)nn2)c1. The Bertz CT molecular complexity index is 817. The summed E-state index contributed by atoms with van der Waals surface area (Å²) < 4.78 is 6.98. The summed E-state index contributed by atoms with van der Waals surface area (Å²) in [6, 6.07) is 8.01. The highest BCUT2D eigenvalue weighted by molar-refractivity contribution is 5.46. The maximum Gasteiger partial charge on any atom is 0.280 e. The maximum atomic E-state index is 6.20. The Balaban J connectivity index is 1.64. The van der Waals surface area contributed by atoms with Crippen LogP contribution in [0.1, 0.15) is 30.7 Å². The zero-order valence-corrected chi connectivity index (χ0v) is 12.2. The molecule has 0 spiro atoms. The van der Waals surface area contributed by atoms with Gasteiger partial charge in [-0.05, 0) is 43.9 Å². The molecule has 7 heteroatoms. The topological polar surface area (TPSA) is 95.7 Å². The maximum absolute atomic E-state index is 6.20. The molecule has 0 aliphatic heterocycles. The lowest BCUT2D eigenvalue weighted by Gasteiger charge is -2.34. The molecule has 112 valence electrons. The van der Waals surface area contributed by atoms with E-state index in [0.717, 1.165) is 30.5 Å². The molecule has 0 saturated heterocycles. The van der Waals surface area contributed by atoms with Gasteiger partial charge in [-0.25, -0.2) is 4.68 Å². The van der Waals surface area contributed by atoms with E-state index in [4.69, 9.17) is 10.3 Å². The second-order valence-electron chi connectivity index (χ2n) is 5.82. The van der Waals surface area contributed by atoms with Crippen molar-refractivity contribution in [3.05, 3.63) is 41.9 Å². The first kappa shape index (κ1) is 13.1. The number of hydrogen-bond acceptors (Lipinski definition) is 6. The van der Waals surface area contributed by atoms with Gasteiger partial charge in [0.2, 0.25) is 0 Å². The highest BCUT2D eigenvalue weighted by Crippen LogP contribution is 2.37. The van der Waals surface area contributed by atoms with Gasteiger partial charge in [-0.3, -0.25) is 0 Å². The molecular formula is C15H16N6O. The molecular weight excluding hydrogens is 280 g/mol. The minimum atomic E-state index is -0.436. The number of rotatable bonds is 3. The quantitative estimate of drug-likeness (QED) is 0.793. The minimum Gasteiger partial charge on any atom is -0.332 e. The molecule has 0 radical (unpaired) electrons. The van der Waals surface area contributed by atoms with Crippen LogP contribution in [0.5, 0.6) is 0 Å². The summed E-state index contributed by atoms with van der Waals surface area (Å²) in [4.78, 5) is 4.38. The lowest BCUT2D eigenvalue weighted by atomic mass is 9.77. The Hall–Kier alpha value is -2.54. The van der Waals surface area contributed by atoms with E-state index in [9.17, 15) is 0 Å². The van der Waals surface area contributed by atoms with E-state index >= 15 is 0 Å². The van der Waals surface area contributed by atoms with Crippen molar-refractivity contribution in [1.82, 2.24) is 25.1 Å². The summed E-state index contributed by atoms with van der Waals surface area (Å²) >= 11 is 0. The fraction of sp³-hybridized carbons (Fsp3) is 0.333. The van der Waals surface area contributed by atoms with Crippen LogP contribution in [0.25, 0.3) is 17.3 Å². The molecule has 2 N–H and O–H groups in total. The molecule has 0 amide bonds. The molecule has 0 atom stereocenters. The van der Waals surface area contributed by atoms with Crippen molar-refractivity contribution >= 4 is 0 Å². The van der Waals surface area contributed by atoms with E-state index < -0.39 is 5.54 Å². The van der Waals surface area contributed by atoms with Crippen LogP contribution in [0.15, 0.2) is 35.0 Å². The number of benzene rings is 1. The highest BCUT2D eigenvalue weighted by Gasteiger charge is 2.39. The van der Waals surface area contributed by atoms with Crippen molar-refractivity contribution < 1.29 is 4.52 Å². The fourth-order valence-electron chi connectivity index (χ4n) is 2.57. The third-order valence-electron chi connectivity index (χ3n) is 4.10. The van der Waals surface area contributed by atoms with Gasteiger partial charge in [0.15, 0.2) is 11.5 Å². The summed E-state index contributed by atoms with van der Waals surface area (Å²) in [5, 5.41) is 12.2. The number of aromatic nitrogens is 5. The summed E-state index contributed by atoms with van der Waals surface area (Å²) in [5.41, 5.74) is 8.41. The van der Waals surface area contributed by atoms with Crippen LogP contribution in [-0.2, 0) is 5.54 Å². The Morgan fingerprint density at radius 2 is 2.18 bits per heavy atom. The Morgan fingerprint density at radius 3 is 2.91 bits per heavy atom. The molecule has 4 rings (SSSR count). The van der Waals surface area contributed by atoms with Crippen LogP contribution in [0, 0.1) is 6.92 Å². The van der Waals surface area contributed by atoms with Gasteiger partial charge in [0, 0.05) is 0 Å². The van der Waals surface area contributed by atoms with E-state index in [2.05, 4.69) is 20.5 Å². The van der Waals surface area contributed by atoms with Crippen LogP contribution >= 0.6 is 0 Å². The smallest absolute Gasteiger partial charge is 0.280 e. The monoisotopic (exact) mass is 296 g/mol. The van der Waals surface area contributed by atoms with Crippen molar-refractivity contribution in [3.8, 4) is 17.3 Å². The van der Waals surface area contributed by atoms with Gasteiger partial charge in [0.05, 0.1) is 17.4 Å². The van der Waals surface area contributed by atoms with Gasteiger partial charge in [0.25, 0.3) is 5.89 Å². The Morgan fingerprint density at radius 1 is 1.32 bits per heavy atom. The van der Waals surface area contributed by atoms with Crippen molar-refractivity contribution in [3.63, 3.8) is 0 Å². The molecule has 1 fully saturated rings. The Labute approximate surface area is 127 Å². The third kappa shape index (κ3) is 2.10. The lowest BCUT2D eigenvalue weighted by Crippen LogP contribution is -2.44. The summed E-state index contributed by atoms with van der Waals surface area (Å²) in [6.45, 7) is 2.03. The summed E-state index contributed by atoms with van der Waals surface area (Å²) in [7, 11) is 0. The molecule has 1 saturated carbocycles. The van der Waals surface area contributed by atoms with E-state index in [-0.39, 0.29) is 0 Å². The number of nitrogens with zero attached hydrogens (tertiary/aromatic N) is 5. The molecule has 7 nitrogen and oxygen atoms in total. The van der Waals surface area contributed by atoms with Crippen LogP contribution in [0.2, 0.25) is 0 Å². The molecule has 2 heterocycles. The third-order valence-corrected chi connectivity index (χ3v) is 4.10. The zero-order valence-electron chi connectivity index (χ0n) is 12.2. The van der Waals surface area contributed by atoms with E-state index in [1.165, 1.54) is 0 Å². The van der Waals surface area contributed by atoms with Crippen molar-refractivity contribution in [2.24, 2.45) is 5.73 Å². The highest BCUT2D eigenvalue weighted by atomic mass is 16.5. The summed E-state index contributed by atoms with van der Waals surface area (Å²) in [5.74, 6) is 0.907.